The first-order chi connectivity index (χ1) is 33.3. The van der Waals surface area contributed by atoms with Gasteiger partial charge in [0.1, 0.15) is 17.5 Å². The van der Waals surface area contributed by atoms with Crippen molar-refractivity contribution in [3.8, 4) is 0 Å². The van der Waals surface area contributed by atoms with Gasteiger partial charge in [0.05, 0.1) is 19.8 Å². The van der Waals surface area contributed by atoms with E-state index < -0.39 is 23.3 Å². The van der Waals surface area contributed by atoms with Crippen LogP contribution in [0, 0.1) is 49.7 Å². The molecule has 8 saturated carbocycles. The Morgan fingerprint density at radius 3 is 2.17 bits per heavy atom. The fraction of sp³-hybridized carbons (Fsp3) is 0.483. The SMILES string of the molecule is C=N/C=c1\cccc\c1=C1/NC2=NC(N=C3c4ccccc4C(NC4=NCc5ccccc54)N3S(OCC34CC5CC(C)(CC(C)(C5)C3)C4)(OCC34CC5(C)CC6CC(C)(C3)C654)N1)c1ccccc12. The van der Waals surface area contributed by atoms with E-state index in [9.17, 15) is 0 Å². The van der Waals surface area contributed by atoms with Crippen molar-refractivity contribution in [2.45, 2.75) is 111 Å². The number of fused-ring (bicyclic) bond motifs is 8. The summed E-state index contributed by atoms with van der Waals surface area (Å²) in [5, 5.41) is 9.91. The van der Waals surface area contributed by atoms with Gasteiger partial charge >= 0.3 is 0 Å². The van der Waals surface area contributed by atoms with Crippen LogP contribution >= 0.6 is 11.0 Å². The summed E-state index contributed by atoms with van der Waals surface area (Å²) >= 11 is 0. The Morgan fingerprint density at radius 2 is 1.43 bits per heavy atom. The molecule has 4 aromatic carbocycles. The fourth-order valence-corrected chi connectivity index (χ4v) is 22.3. The van der Waals surface area contributed by atoms with E-state index in [1.165, 1.54) is 69.8 Å². The molecule has 0 saturated heterocycles. The maximum Gasteiger partial charge on any atom is 0.170 e. The van der Waals surface area contributed by atoms with Crippen molar-refractivity contribution in [1.29, 1.82) is 0 Å². The maximum absolute atomic E-state index is 8.26. The van der Waals surface area contributed by atoms with Crippen LogP contribution in [0.4, 0.5) is 0 Å². The molecule has 354 valence electrons. The summed E-state index contributed by atoms with van der Waals surface area (Å²) in [4.78, 5) is 20.9. The minimum atomic E-state index is -3.07. The van der Waals surface area contributed by atoms with Gasteiger partial charge in [-0.25, -0.2) is 22.7 Å². The molecular formula is C58H64N8O2S. The van der Waals surface area contributed by atoms with Crippen molar-refractivity contribution < 1.29 is 8.37 Å². The van der Waals surface area contributed by atoms with E-state index in [-0.39, 0.29) is 10.8 Å². The van der Waals surface area contributed by atoms with E-state index >= 15 is 0 Å². The molecule has 69 heavy (non-hydrogen) atoms. The first-order valence-electron chi connectivity index (χ1n) is 25.8. The highest BCUT2D eigenvalue weighted by Gasteiger charge is 2.96. The van der Waals surface area contributed by atoms with Crippen molar-refractivity contribution in [2.75, 3.05) is 13.2 Å². The van der Waals surface area contributed by atoms with Crippen LogP contribution in [0.3, 0.4) is 0 Å². The molecule has 7 atom stereocenters. The van der Waals surface area contributed by atoms with E-state index in [1.54, 1.807) is 0 Å². The number of aliphatic imine (C=N–C) groups is 4. The zero-order valence-corrected chi connectivity index (χ0v) is 41.3. The van der Waals surface area contributed by atoms with Crippen molar-refractivity contribution in [3.63, 3.8) is 0 Å². The van der Waals surface area contributed by atoms with Crippen LogP contribution in [0.25, 0.3) is 12.0 Å². The van der Waals surface area contributed by atoms with Gasteiger partial charge in [-0.1, -0.05) is 125 Å². The molecule has 0 aromatic heterocycles. The molecule has 10 nitrogen and oxygen atoms in total. The highest BCUT2D eigenvalue weighted by molar-refractivity contribution is 8.22. The van der Waals surface area contributed by atoms with Crippen LogP contribution < -0.4 is 25.8 Å². The molecule has 8 fully saturated rings. The highest BCUT2D eigenvalue weighted by atomic mass is 32.3. The molecular weight excluding hydrogens is 873 g/mol. The largest absolute Gasteiger partial charge is 0.345 e. The van der Waals surface area contributed by atoms with Gasteiger partial charge in [0, 0.05) is 49.9 Å². The highest BCUT2D eigenvalue weighted by Crippen LogP contribution is 3.01. The quantitative estimate of drug-likeness (QED) is 0.152. The predicted molar refractivity (Wildman–Crippen MR) is 275 cm³/mol. The lowest BCUT2D eigenvalue weighted by atomic mass is 9.05. The average molecular weight is 937 g/mol. The summed E-state index contributed by atoms with van der Waals surface area (Å²) < 4.78 is 23.2. The van der Waals surface area contributed by atoms with E-state index in [0.717, 1.165) is 67.5 Å². The molecule has 6 bridgehead atoms. The molecule has 11 heteroatoms. The fourth-order valence-electron chi connectivity index (χ4n) is 19.8. The lowest BCUT2D eigenvalue weighted by Gasteiger charge is -2.99. The summed E-state index contributed by atoms with van der Waals surface area (Å²) in [6.45, 7) is 16.1. The maximum atomic E-state index is 8.26. The summed E-state index contributed by atoms with van der Waals surface area (Å²) in [5.74, 6) is 4.71. The Hall–Kier alpha value is -5.23. The molecule has 12 aliphatic rings. The molecule has 7 unspecified atom stereocenters. The van der Waals surface area contributed by atoms with Crippen molar-refractivity contribution >= 4 is 47.2 Å². The lowest BCUT2D eigenvalue weighted by Crippen LogP contribution is -2.94. The van der Waals surface area contributed by atoms with Gasteiger partial charge < -0.3 is 10.6 Å². The van der Waals surface area contributed by atoms with Crippen molar-refractivity contribution in [2.24, 2.45) is 69.7 Å². The molecule has 1 spiro atoms. The third kappa shape index (κ3) is 5.37. The van der Waals surface area contributed by atoms with Crippen molar-refractivity contribution in [1.82, 2.24) is 19.7 Å². The van der Waals surface area contributed by atoms with Gasteiger partial charge in [-0.05, 0) is 132 Å². The second kappa shape index (κ2) is 13.6. The second-order valence-corrected chi connectivity index (χ2v) is 27.0. The lowest BCUT2D eigenvalue weighted by molar-refractivity contribution is -0.517. The molecule has 16 rings (SSSR count). The Morgan fingerprint density at radius 1 is 0.754 bits per heavy atom. The Bertz CT molecular complexity index is 3140. The number of amidine groups is 3. The van der Waals surface area contributed by atoms with E-state index in [2.05, 4.69) is 156 Å². The average Bonchev–Trinajstić information content (AvgIpc) is 3.97. The van der Waals surface area contributed by atoms with Crippen LogP contribution in [0.1, 0.15) is 138 Å². The Labute approximate surface area is 408 Å². The predicted octanol–water partition coefficient (Wildman–Crippen LogP) is 9.86. The summed E-state index contributed by atoms with van der Waals surface area (Å²) in [6.07, 6.45) is 13.5. The molecule has 4 aliphatic heterocycles. The van der Waals surface area contributed by atoms with Gasteiger partial charge in [0.15, 0.2) is 18.2 Å². The molecule has 3 N–H and O–H groups in total. The summed E-state index contributed by atoms with van der Waals surface area (Å²) in [5.41, 5.74) is 8.41. The van der Waals surface area contributed by atoms with Crippen LogP contribution in [0.5, 0.6) is 0 Å². The normalized spacial score (nSPS) is 43.4. The van der Waals surface area contributed by atoms with Gasteiger partial charge in [-0.2, -0.15) is 0 Å². The van der Waals surface area contributed by atoms with Crippen LogP contribution in [0.2, 0.25) is 0 Å². The van der Waals surface area contributed by atoms with Crippen molar-refractivity contribution in [3.05, 3.63) is 141 Å². The van der Waals surface area contributed by atoms with Gasteiger partial charge in [-0.3, -0.25) is 14.7 Å². The van der Waals surface area contributed by atoms with E-state index in [1.807, 2.05) is 6.20 Å². The second-order valence-electron chi connectivity index (χ2n) is 25.0. The number of hydrogen-bond donors (Lipinski definition) is 3. The minimum Gasteiger partial charge on any atom is -0.345 e. The third-order valence-corrected chi connectivity index (χ3v) is 22.3. The topological polar surface area (TPSA) is 107 Å². The smallest absolute Gasteiger partial charge is 0.170 e. The van der Waals surface area contributed by atoms with Crippen LogP contribution in [-0.2, 0) is 14.9 Å². The number of nitrogens with zero attached hydrogens (tertiary/aromatic N) is 5. The number of nitrogens with one attached hydrogen (secondary N) is 3. The molecule has 0 amide bonds. The van der Waals surface area contributed by atoms with Gasteiger partial charge in [-0.15, -0.1) is 0 Å². The number of benzene rings is 4. The Kier molecular flexibility index (Phi) is 8.18. The molecule has 8 aliphatic carbocycles. The van der Waals surface area contributed by atoms with Crippen LogP contribution in [0.15, 0.2) is 117 Å². The molecule has 0 radical (unpaired) electrons. The third-order valence-electron chi connectivity index (χ3n) is 20.0. The molecule has 4 heterocycles. The first kappa shape index (κ1) is 41.5. The van der Waals surface area contributed by atoms with Gasteiger partial charge in [0.25, 0.3) is 0 Å². The van der Waals surface area contributed by atoms with E-state index in [0.29, 0.717) is 52.8 Å². The van der Waals surface area contributed by atoms with Gasteiger partial charge in [0.2, 0.25) is 0 Å². The first-order valence-corrected chi connectivity index (χ1v) is 27.2. The zero-order chi connectivity index (χ0) is 46.4. The standard InChI is InChI=1S/C58H64N8O2S/c1-52-22-36-23-53(2,29-52)31-56(24-36,30-52)34-67-69(68-35-57-32-54(3)25-39-26-55(4,33-57)58(39,54)57)65-49(41-17-9-6-14-37(41)27-59-5)62-47-42-18-10-11-19-43(42)48(61-47)64-51-45-21-13-12-20-44(45)50(66(51)69)63-46-40-16-8-7-15-38(40)28-60-46/h6-21,27,36,39,48,50,65H,5,22-26,28-35H2,1-4H3,(H,60,63)(H,61,62)/b37-27+,49-41-,64-51?. The molecule has 4 aromatic rings. The Balaban J connectivity index is 0.972. The summed E-state index contributed by atoms with van der Waals surface area (Å²) in [7, 11) is -3.07. The monoisotopic (exact) mass is 936 g/mol. The number of rotatable bonds is 8. The zero-order valence-electron chi connectivity index (χ0n) is 40.5. The minimum absolute atomic E-state index is 0.0179. The van der Waals surface area contributed by atoms with Crippen LogP contribution in [-0.4, -0.2) is 41.7 Å². The van der Waals surface area contributed by atoms with E-state index in [4.69, 9.17) is 23.3 Å². The number of hydrogen-bond acceptors (Lipinski definition) is 10. The summed E-state index contributed by atoms with van der Waals surface area (Å²) in [6, 6.07) is 34.4.